The fourth-order valence-corrected chi connectivity index (χ4v) is 7.06. The molecule has 0 saturated carbocycles. The van der Waals surface area contributed by atoms with Crippen LogP contribution in [0.1, 0.15) is 83.8 Å². The van der Waals surface area contributed by atoms with Crippen LogP contribution in [-0.2, 0) is 76.2 Å². The highest BCUT2D eigenvalue weighted by Crippen LogP contribution is 2.43. The Hall–Kier alpha value is -6.32. The molecular weight excluding hydrogens is 828 g/mol. The van der Waals surface area contributed by atoms with Gasteiger partial charge in [0.25, 0.3) is 0 Å². The number of esters is 7. The summed E-state index contributed by atoms with van der Waals surface area (Å²) in [7, 11) is 0. The number of Topliss-reactive ketones (excluding diaryl/α,β-unsaturated/α-hetero) is 1. The van der Waals surface area contributed by atoms with Gasteiger partial charge >= 0.3 is 41.8 Å². The number of ether oxygens (including phenoxy) is 12. The van der Waals surface area contributed by atoms with Crippen LogP contribution in [0.25, 0.3) is 0 Å². The Bertz CT molecular complexity index is 2050. The third-order valence-corrected chi connectivity index (χ3v) is 9.31. The van der Waals surface area contributed by atoms with Gasteiger partial charge in [0.2, 0.25) is 6.29 Å². The van der Waals surface area contributed by atoms with Crippen molar-refractivity contribution >= 4 is 47.6 Å². The minimum Gasteiger partial charge on any atom is -0.507 e. The molecule has 21 heteroatoms. The van der Waals surface area contributed by atoms with Gasteiger partial charge in [0, 0.05) is 60.6 Å². The average Bonchev–Trinajstić information content (AvgIpc) is 3.15. The van der Waals surface area contributed by atoms with Crippen molar-refractivity contribution in [1.29, 1.82) is 0 Å². The number of ketones is 1. The summed E-state index contributed by atoms with van der Waals surface area (Å²) in [5.74, 6) is -6.83. The lowest BCUT2D eigenvalue weighted by atomic mass is 9.95. The number of hydrogen-bond acceptors (Lipinski definition) is 21. The molecule has 0 bridgehead atoms. The molecule has 3 aliphatic rings. The van der Waals surface area contributed by atoms with Gasteiger partial charge in [-0.1, -0.05) is 12.1 Å². The summed E-state index contributed by atoms with van der Waals surface area (Å²) in [4.78, 5) is 99.0. The molecule has 0 radical (unpaired) electrons. The molecule has 5 rings (SSSR count). The molecule has 2 aromatic carbocycles. The van der Waals surface area contributed by atoms with Gasteiger partial charge < -0.3 is 61.9 Å². The van der Waals surface area contributed by atoms with E-state index in [0.717, 1.165) is 47.6 Å². The highest BCUT2D eigenvalue weighted by molar-refractivity contribution is 6.02. The van der Waals surface area contributed by atoms with Crippen LogP contribution in [0, 0.1) is 0 Å². The summed E-state index contributed by atoms with van der Waals surface area (Å²) in [6.07, 6.45) is -16.8. The number of phenols is 1. The molecule has 21 nitrogen and oxygen atoms in total. The quantitative estimate of drug-likeness (QED) is 0.172. The van der Waals surface area contributed by atoms with Crippen LogP contribution in [0.4, 0.5) is 0 Å². The molecule has 0 amide bonds. The molecule has 0 aromatic heterocycles. The van der Waals surface area contributed by atoms with Crippen molar-refractivity contribution in [2.24, 2.45) is 0 Å². The minimum atomic E-state index is -1.80. The molecule has 3 aliphatic heterocycles. The van der Waals surface area contributed by atoms with Crippen LogP contribution in [0.2, 0.25) is 0 Å². The summed E-state index contributed by atoms with van der Waals surface area (Å²) < 4.78 is 69.1. The second kappa shape index (κ2) is 20.0. The predicted molar refractivity (Wildman–Crippen MR) is 201 cm³/mol. The summed E-state index contributed by atoms with van der Waals surface area (Å²) in [6, 6.07) is 8.54. The van der Waals surface area contributed by atoms with Crippen molar-refractivity contribution in [3.63, 3.8) is 0 Å². The van der Waals surface area contributed by atoms with Crippen LogP contribution in [0.3, 0.4) is 0 Å². The van der Waals surface area contributed by atoms with Crippen LogP contribution >= 0.6 is 0 Å². The van der Waals surface area contributed by atoms with Gasteiger partial charge in [0.15, 0.2) is 48.7 Å². The molecule has 3 heterocycles. The minimum absolute atomic E-state index is 0.121. The first-order valence-electron chi connectivity index (χ1n) is 19.2. The lowest BCUT2D eigenvalue weighted by Gasteiger charge is -2.48. The van der Waals surface area contributed by atoms with Crippen molar-refractivity contribution in [2.75, 3.05) is 6.61 Å². The van der Waals surface area contributed by atoms with E-state index in [1.165, 1.54) is 32.0 Å². The summed E-state index contributed by atoms with van der Waals surface area (Å²) >= 11 is 0. The Labute approximate surface area is 354 Å². The van der Waals surface area contributed by atoms with E-state index >= 15 is 0 Å². The van der Waals surface area contributed by atoms with E-state index in [9.17, 15) is 43.5 Å². The second-order valence-corrected chi connectivity index (χ2v) is 14.4. The van der Waals surface area contributed by atoms with Crippen molar-refractivity contribution in [1.82, 2.24) is 0 Å². The maximum atomic E-state index is 13.4. The summed E-state index contributed by atoms with van der Waals surface area (Å²) in [5, 5.41) is 11.2. The van der Waals surface area contributed by atoms with Crippen LogP contribution < -0.4 is 14.2 Å². The number of carbonyl (C=O) groups is 8. The van der Waals surface area contributed by atoms with E-state index in [-0.39, 0.29) is 29.2 Å². The molecule has 11 atom stereocenters. The number of phenolic OH excluding ortho intramolecular Hbond substituents is 1. The Morgan fingerprint density at radius 3 is 1.74 bits per heavy atom. The molecule has 2 fully saturated rings. The third-order valence-electron chi connectivity index (χ3n) is 9.31. The Morgan fingerprint density at radius 2 is 1.18 bits per heavy atom. The molecule has 2 aromatic rings. The first-order chi connectivity index (χ1) is 29.2. The van der Waals surface area contributed by atoms with E-state index in [1.807, 2.05) is 0 Å². The third kappa shape index (κ3) is 11.7. The second-order valence-electron chi connectivity index (χ2n) is 14.4. The number of fused-ring (bicyclic) bond motifs is 1. The van der Waals surface area contributed by atoms with Crippen LogP contribution in [0.5, 0.6) is 23.0 Å². The van der Waals surface area contributed by atoms with Gasteiger partial charge in [-0.25, -0.2) is 0 Å². The van der Waals surface area contributed by atoms with E-state index < -0.39 is 127 Å². The zero-order chi connectivity index (χ0) is 45.6. The highest BCUT2D eigenvalue weighted by atomic mass is 16.8. The van der Waals surface area contributed by atoms with Crippen molar-refractivity contribution in [3.8, 4) is 23.0 Å². The van der Waals surface area contributed by atoms with Gasteiger partial charge in [0.1, 0.15) is 47.4 Å². The smallest absolute Gasteiger partial charge is 0.308 e. The predicted octanol–water partition coefficient (Wildman–Crippen LogP) is 2.48. The molecular formula is C41H46O21. The fraction of sp³-hybridized carbons (Fsp3) is 0.512. The Morgan fingerprint density at radius 1 is 0.629 bits per heavy atom. The van der Waals surface area contributed by atoms with E-state index in [4.69, 9.17) is 56.8 Å². The zero-order valence-electron chi connectivity index (χ0n) is 34.8. The van der Waals surface area contributed by atoms with E-state index in [1.54, 1.807) is 12.1 Å². The van der Waals surface area contributed by atoms with Gasteiger partial charge in [-0.15, -0.1) is 0 Å². The van der Waals surface area contributed by atoms with E-state index in [0.29, 0.717) is 5.56 Å². The molecule has 336 valence electrons. The van der Waals surface area contributed by atoms with Gasteiger partial charge in [-0.2, -0.15) is 0 Å². The van der Waals surface area contributed by atoms with E-state index in [2.05, 4.69) is 0 Å². The molecule has 0 unspecified atom stereocenters. The topological polar surface area (TPSA) is 268 Å². The lowest BCUT2D eigenvalue weighted by molar-refractivity contribution is -0.356. The van der Waals surface area contributed by atoms with Gasteiger partial charge in [0.05, 0.1) is 12.5 Å². The van der Waals surface area contributed by atoms with Crippen molar-refractivity contribution in [2.45, 2.75) is 129 Å². The summed E-state index contributed by atoms with van der Waals surface area (Å²) in [5.41, 5.74) is 0.353. The molecule has 1 N–H and O–H groups in total. The summed E-state index contributed by atoms with van der Waals surface area (Å²) in [6.45, 7) is 8.47. The number of carbonyl (C=O) groups excluding carboxylic acids is 8. The van der Waals surface area contributed by atoms with Gasteiger partial charge in [-0.3, -0.25) is 38.4 Å². The van der Waals surface area contributed by atoms with Gasteiger partial charge in [-0.05, 0) is 24.6 Å². The normalized spacial score (nSPS) is 27.8. The standard InChI is InChI=1S/C41H46O21/c1-17-34(54-20(4)44)36(56-22(6)46)38(58-24(8)48)40(52-17)62-39-37(57-23(7)47)35(55-21(5)45)32(16-51-18(2)42)61-41(39)59-27-13-28(49)33-29(50)15-30(60-31(33)14-27)25-9-11-26(12-10-25)53-19(3)43/h9-14,17,30,32,34-41,49H,15-16H2,1-8H3/t17-,30+,32-,34+,35+,36+,37+,38-,39-,40+,41-/m1/s1. The Balaban J connectivity index is 1.58. The van der Waals surface area contributed by atoms with Crippen LogP contribution in [-0.4, -0.2) is 121 Å². The fourth-order valence-electron chi connectivity index (χ4n) is 7.06. The van der Waals surface area contributed by atoms with Crippen molar-refractivity contribution < 1.29 is 100 Å². The van der Waals surface area contributed by atoms with Crippen molar-refractivity contribution in [3.05, 3.63) is 47.5 Å². The SMILES string of the molecule is CC(=O)OC[C@H]1O[C@@H](Oc2cc(O)c3c(c2)O[C@H](c2ccc(OC(C)=O)cc2)CC3=O)[C@H](O[C@@H]2O[C@H](C)[C@H](OC(C)=O)[C@H](OC(C)=O)[C@H]2OC(C)=O)[C@@H](OC(C)=O)[C@H]1OC(C)=O. The number of benzene rings is 2. The molecule has 2 saturated heterocycles. The first kappa shape index (κ1) is 46.7. The number of rotatable bonds is 13. The average molecular weight is 875 g/mol. The highest BCUT2D eigenvalue weighted by Gasteiger charge is 2.57. The largest absolute Gasteiger partial charge is 0.507 e. The lowest BCUT2D eigenvalue weighted by Crippen LogP contribution is -2.67. The van der Waals surface area contributed by atoms with Crippen LogP contribution in [0.15, 0.2) is 36.4 Å². The molecule has 0 aliphatic carbocycles. The maximum absolute atomic E-state index is 13.4. The molecule has 62 heavy (non-hydrogen) atoms. The first-order valence-corrected chi connectivity index (χ1v) is 19.2. The number of aromatic hydroxyl groups is 1. The zero-order valence-corrected chi connectivity index (χ0v) is 34.8. The maximum Gasteiger partial charge on any atom is 0.308 e. The molecule has 0 spiro atoms. The number of hydrogen-bond donors (Lipinski definition) is 1. The monoisotopic (exact) mass is 874 g/mol. The Kier molecular flexibility index (Phi) is 15.1.